The van der Waals surface area contributed by atoms with Gasteiger partial charge in [-0.25, -0.2) is 9.97 Å². The molecule has 0 radical (unpaired) electrons. The number of ether oxygens (including phenoxy) is 1. The highest BCUT2D eigenvalue weighted by molar-refractivity contribution is 5.79. The van der Waals surface area contributed by atoms with E-state index in [1.54, 1.807) is 6.20 Å². The van der Waals surface area contributed by atoms with E-state index in [2.05, 4.69) is 25.8 Å². The number of nitrogens with one attached hydrogen (secondary N) is 2. The molecule has 0 saturated carbocycles. The quantitative estimate of drug-likeness (QED) is 0.816. The lowest BCUT2D eigenvalue weighted by molar-refractivity contribution is -0.127. The van der Waals surface area contributed by atoms with Crippen molar-refractivity contribution in [2.75, 3.05) is 18.6 Å². The molecule has 1 saturated heterocycles. The first-order valence-electron chi connectivity index (χ1n) is 8.19. The molecule has 126 valence electrons. The van der Waals surface area contributed by atoms with E-state index in [1.807, 2.05) is 31.2 Å². The van der Waals surface area contributed by atoms with Crippen LogP contribution in [0.3, 0.4) is 0 Å². The van der Waals surface area contributed by atoms with Gasteiger partial charge in [-0.1, -0.05) is 13.0 Å². The maximum Gasteiger partial charge on any atom is 0.241 e. The molecule has 1 amide bonds. The molecule has 1 aliphatic rings. The molecule has 0 spiro atoms. The third kappa shape index (κ3) is 4.05. The zero-order valence-electron chi connectivity index (χ0n) is 13.7. The number of pyridine rings is 1. The molecular weight excluding hydrogens is 306 g/mol. The van der Waals surface area contributed by atoms with Crippen molar-refractivity contribution in [1.82, 2.24) is 20.4 Å². The van der Waals surface area contributed by atoms with Crippen LogP contribution >= 0.6 is 0 Å². The number of hydrogen-bond acceptors (Lipinski definition) is 6. The minimum Gasteiger partial charge on any atom is -0.381 e. The highest BCUT2D eigenvalue weighted by Gasteiger charge is 2.21. The Morgan fingerprint density at radius 2 is 2.12 bits per heavy atom. The second kappa shape index (κ2) is 7.83. The molecule has 0 atom stereocenters. The zero-order valence-corrected chi connectivity index (χ0v) is 13.7. The molecule has 1 aliphatic heterocycles. The Morgan fingerprint density at radius 1 is 1.29 bits per heavy atom. The van der Waals surface area contributed by atoms with Gasteiger partial charge < -0.3 is 4.74 Å². The predicted octanol–water partition coefficient (Wildman–Crippen LogP) is 1.97. The number of aryl methyl sites for hydroxylation is 1. The molecule has 24 heavy (non-hydrogen) atoms. The van der Waals surface area contributed by atoms with Crippen molar-refractivity contribution in [3.8, 4) is 11.5 Å². The van der Waals surface area contributed by atoms with Crippen molar-refractivity contribution in [3.05, 3.63) is 36.2 Å². The smallest absolute Gasteiger partial charge is 0.241 e. The summed E-state index contributed by atoms with van der Waals surface area (Å²) in [5.41, 5.74) is 7.23. The molecule has 0 aliphatic carbocycles. The molecule has 3 rings (SSSR count). The van der Waals surface area contributed by atoms with Gasteiger partial charge in [-0.15, -0.1) is 0 Å². The predicted molar refractivity (Wildman–Crippen MR) is 89.9 cm³/mol. The Labute approximate surface area is 140 Å². The van der Waals surface area contributed by atoms with E-state index in [0.717, 1.165) is 25.0 Å². The maximum atomic E-state index is 12.2. The van der Waals surface area contributed by atoms with Crippen molar-refractivity contribution in [1.29, 1.82) is 0 Å². The number of nitrogens with zero attached hydrogens (tertiary/aromatic N) is 3. The fraction of sp³-hybridized carbons (Fsp3) is 0.412. The fourth-order valence-electron chi connectivity index (χ4n) is 2.54. The summed E-state index contributed by atoms with van der Waals surface area (Å²) >= 11 is 0. The van der Waals surface area contributed by atoms with Gasteiger partial charge in [-0.05, 0) is 31.4 Å². The van der Waals surface area contributed by atoms with Crippen LogP contribution < -0.4 is 10.9 Å². The minimum absolute atomic E-state index is 0.0195. The van der Waals surface area contributed by atoms with Gasteiger partial charge in [-0.3, -0.25) is 20.6 Å². The van der Waals surface area contributed by atoms with Crippen LogP contribution in [-0.2, 0) is 16.0 Å². The van der Waals surface area contributed by atoms with Gasteiger partial charge in [0.15, 0.2) is 5.82 Å². The van der Waals surface area contributed by atoms with Crippen LogP contribution in [0.1, 0.15) is 25.5 Å². The largest absolute Gasteiger partial charge is 0.381 e. The lowest BCUT2D eigenvalue weighted by Crippen LogP contribution is -2.37. The zero-order chi connectivity index (χ0) is 16.8. The number of hydrazine groups is 1. The Balaban J connectivity index is 1.72. The Kier molecular flexibility index (Phi) is 5.32. The van der Waals surface area contributed by atoms with Crippen LogP contribution in [0.15, 0.2) is 30.5 Å². The van der Waals surface area contributed by atoms with Crippen molar-refractivity contribution >= 4 is 11.7 Å². The number of aromatic nitrogens is 3. The molecular formula is C17H21N5O2. The number of amides is 1. The SMILES string of the molecule is CCc1cc(NNC(=O)C2CCOCC2)nc(-c2ccccn2)n1. The van der Waals surface area contributed by atoms with Gasteiger partial charge in [-0.2, -0.15) is 0 Å². The lowest BCUT2D eigenvalue weighted by atomic mass is 10.00. The molecule has 7 nitrogen and oxygen atoms in total. The number of hydrogen-bond donors (Lipinski definition) is 2. The van der Waals surface area contributed by atoms with E-state index in [9.17, 15) is 4.79 Å². The molecule has 0 unspecified atom stereocenters. The van der Waals surface area contributed by atoms with Gasteiger partial charge >= 0.3 is 0 Å². The standard InChI is InChI=1S/C17H21N5O2/c1-2-13-11-15(20-16(19-13)14-5-3-4-8-18-14)21-22-17(23)12-6-9-24-10-7-12/h3-5,8,11-12H,2,6-7,9-10H2,1H3,(H,22,23)(H,19,20,21). The van der Waals surface area contributed by atoms with Crippen LogP contribution in [0, 0.1) is 5.92 Å². The maximum absolute atomic E-state index is 12.2. The summed E-state index contributed by atoms with van der Waals surface area (Å²) in [5.74, 6) is 1.05. The summed E-state index contributed by atoms with van der Waals surface area (Å²) < 4.78 is 5.28. The van der Waals surface area contributed by atoms with E-state index in [0.29, 0.717) is 30.5 Å². The monoisotopic (exact) mass is 327 g/mol. The topological polar surface area (TPSA) is 89.0 Å². The average molecular weight is 327 g/mol. The highest BCUT2D eigenvalue weighted by Crippen LogP contribution is 2.17. The summed E-state index contributed by atoms with van der Waals surface area (Å²) in [6, 6.07) is 7.43. The Bertz CT molecular complexity index is 687. The molecule has 2 N–H and O–H groups in total. The third-order valence-electron chi connectivity index (χ3n) is 3.94. The summed E-state index contributed by atoms with van der Waals surface area (Å²) in [7, 11) is 0. The molecule has 2 aromatic rings. The molecule has 1 fully saturated rings. The second-order valence-corrected chi connectivity index (χ2v) is 5.64. The van der Waals surface area contributed by atoms with Crippen LogP contribution in [0.25, 0.3) is 11.5 Å². The number of rotatable bonds is 5. The van der Waals surface area contributed by atoms with E-state index < -0.39 is 0 Å². The normalized spacial score (nSPS) is 15.0. The van der Waals surface area contributed by atoms with Crippen molar-refractivity contribution < 1.29 is 9.53 Å². The average Bonchev–Trinajstić information content (AvgIpc) is 2.67. The first-order chi connectivity index (χ1) is 11.8. The van der Waals surface area contributed by atoms with E-state index >= 15 is 0 Å². The Hall–Kier alpha value is -2.54. The van der Waals surface area contributed by atoms with Gasteiger partial charge in [0.2, 0.25) is 5.91 Å². The highest BCUT2D eigenvalue weighted by atomic mass is 16.5. The molecule has 0 bridgehead atoms. The van der Waals surface area contributed by atoms with Crippen molar-refractivity contribution in [3.63, 3.8) is 0 Å². The van der Waals surface area contributed by atoms with Gasteiger partial charge in [0.05, 0.1) is 0 Å². The van der Waals surface area contributed by atoms with E-state index in [4.69, 9.17) is 4.74 Å². The van der Waals surface area contributed by atoms with Crippen LogP contribution in [0.4, 0.5) is 5.82 Å². The minimum atomic E-state index is -0.0330. The van der Waals surface area contributed by atoms with Crippen LogP contribution in [0.5, 0.6) is 0 Å². The summed E-state index contributed by atoms with van der Waals surface area (Å²) in [5, 5.41) is 0. The van der Waals surface area contributed by atoms with Crippen LogP contribution in [-0.4, -0.2) is 34.1 Å². The first-order valence-corrected chi connectivity index (χ1v) is 8.19. The molecule has 7 heteroatoms. The number of anilines is 1. The lowest BCUT2D eigenvalue weighted by Gasteiger charge is -2.21. The van der Waals surface area contributed by atoms with Gasteiger partial charge in [0.25, 0.3) is 0 Å². The Morgan fingerprint density at radius 3 is 2.83 bits per heavy atom. The summed E-state index contributed by atoms with van der Waals surface area (Å²) in [6.45, 7) is 3.29. The van der Waals surface area contributed by atoms with Crippen molar-refractivity contribution in [2.24, 2.45) is 5.92 Å². The molecule has 0 aromatic carbocycles. The number of carbonyl (C=O) groups excluding carboxylic acids is 1. The molecule has 3 heterocycles. The number of carbonyl (C=O) groups is 1. The van der Waals surface area contributed by atoms with Crippen molar-refractivity contribution in [2.45, 2.75) is 26.2 Å². The third-order valence-corrected chi connectivity index (χ3v) is 3.94. The molecule has 2 aromatic heterocycles. The van der Waals surface area contributed by atoms with E-state index in [1.165, 1.54) is 0 Å². The van der Waals surface area contributed by atoms with E-state index in [-0.39, 0.29) is 11.8 Å². The van der Waals surface area contributed by atoms with Gasteiger partial charge in [0.1, 0.15) is 11.5 Å². The summed E-state index contributed by atoms with van der Waals surface area (Å²) in [6.07, 6.45) is 3.97. The summed E-state index contributed by atoms with van der Waals surface area (Å²) in [4.78, 5) is 25.4. The first kappa shape index (κ1) is 16.3. The van der Waals surface area contributed by atoms with Gasteiger partial charge in [0, 0.05) is 37.1 Å². The van der Waals surface area contributed by atoms with Crippen LogP contribution in [0.2, 0.25) is 0 Å². The fourth-order valence-corrected chi connectivity index (χ4v) is 2.54. The second-order valence-electron chi connectivity index (χ2n) is 5.64.